The molecule has 0 aliphatic carbocycles. The molecular weight excluding hydrogens is 604 g/mol. The predicted molar refractivity (Wildman–Crippen MR) is 148 cm³/mol. The molecule has 0 saturated carbocycles. The third-order valence-electron chi connectivity index (χ3n) is 7.85. The normalized spacial score (nSPS) is 34.7. The summed E-state index contributed by atoms with van der Waals surface area (Å²) in [5.41, 5.74) is 0.395. The summed E-state index contributed by atoms with van der Waals surface area (Å²) >= 11 is 0. The number of hydrogen-bond donors (Lipinski definition) is 9. The number of benzene rings is 2. The SMILES string of the molecule is COc1cc(C2Oc3cc(O)cc(O)c3C=C2OC2OC(COC3OC(C)C(O)C(O)C3O)C(O)C(O)C2O)cc(OC)c1O. The first-order chi connectivity index (χ1) is 21.3. The van der Waals surface area contributed by atoms with Gasteiger partial charge in [0.05, 0.1) is 32.5 Å². The lowest BCUT2D eigenvalue weighted by Gasteiger charge is -2.43. The molecule has 11 unspecified atom stereocenters. The second kappa shape index (κ2) is 13.0. The van der Waals surface area contributed by atoms with Crippen LogP contribution in [0.1, 0.15) is 24.2 Å². The highest BCUT2D eigenvalue weighted by Crippen LogP contribution is 2.47. The summed E-state index contributed by atoms with van der Waals surface area (Å²) in [6.07, 6.45) is -15.1. The molecule has 0 aromatic heterocycles. The average molecular weight is 641 g/mol. The molecule has 248 valence electrons. The summed E-state index contributed by atoms with van der Waals surface area (Å²) in [7, 11) is 2.64. The number of hydrogen-bond acceptors (Lipinski definition) is 16. The van der Waals surface area contributed by atoms with Crippen LogP contribution in [0.15, 0.2) is 30.0 Å². The van der Waals surface area contributed by atoms with Crippen molar-refractivity contribution in [2.75, 3.05) is 20.8 Å². The first-order valence-corrected chi connectivity index (χ1v) is 13.9. The van der Waals surface area contributed by atoms with E-state index in [9.17, 15) is 46.0 Å². The van der Waals surface area contributed by atoms with Crippen molar-refractivity contribution in [3.63, 3.8) is 0 Å². The van der Waals surface area contributed by atoms with Crippen molar-refractivity contribution in [2.24, 2.45) is 0 Å². The number of aromatic hydroxyl groups is 3. The summed E-state index contributed by atoms with van der Waals surface area (Å²) < 4.78 is 39.3. The zero-order chi connectivity index (χ0) is 32.7. The highest BCUT2D eigenvalue weighted by Gasteiger charge is 2.48. The molecule has 3 heterocycles. The van der Waals surface area contributed by atoms with Gasteiger partial charge in [-0.2, -0.15) is 0 Å². The number of rotatable bonds is 8. The van der Waals surface area contributed by atoms with Crippen molar-refractivity contribution >= 4 is 6.08 Å². The Morgan fingerprint density at radius 3 is 2.00 bits per heavy atom. The van der Waals surface area contributed by atoms with Crippen LogP contribution in [0.5, 0.6) is 34.5 Å². The number of phenolic OH excluding ortho intramolecular Hbond substituents is 3. The van der Waals surface area contributed by atoms with Gasteiger partial charge in [-0.15, -0.1) is 0 Å². The van der Waals surface area contributed by atoms with Crippen LogP contribution in [-0.4, -0.2) is 128 Å². The van der Waals surface area contributed by atoms with E-state index in [0.717, 1.165) is 6.07 Å². The molecule has 2 aromatic carbocycles. The lowest BCUT2D eigenvalue weighted by molar-refractivity contribution is -0.324. The average Bonchev–Trinajstić information content (AvgIpc) is 3.01. The fourth-order valence-corrected chi connectivity index (χ4v) is 5.26. The zero-order valence-corrected chi connectivity index (χ0v) is 24.3. The van der Waals surface area contributed by atoms with E-state index >= 15 is 0 Å². The van der Waals surface area contributed by atoms with E-state index in [1.165, 1.54) is 45.4 Å². The highest BCUT2D eigenvalue weighted by atomic mass is 16.7. The second-order valence-electron chi connectivity index (χ2n) is 10.8. The smallest absolute Gasteiger partial charge is 0.228 e. The molecule has 0 amide bonds. The first-order valence-electron chi connectivity index (χ1n) is 13.9. The van der Waals surface area contributed by atoms with Gasteiger partial charge in [-0.3, -0.25) is 0 Å². The van der Waals surface area contributed by atoms with Crippen molar-refractivity contribution in [1.82, 2.24) is 0 Å². The lowest BCUT2D eigenvalue weighted by atomic mass is 9.98. The Balaban J connectivity index is 1.43. The topological polar surface area (TPSA) is 247 Å². The molecule has 3 aliphatic rings. The van der Waals surface area contributed by atoms with Crippen LogP contribution in [-0.2, 0) is 18.9 Å². The molecule has 45 heavy (non-hydrogen) atoms. The minimum Gasteiger partial charge on any atom is -0.508 e. The molecule has 16 heteroatoms. The van der Waals surface area contributed by atoms with Crippen LogP contribution >= 0.6 is 0 Å². The Morgan fingerprint density at radius 2 is 1.36 bits per heavy atom. The first kappa shape index (κ1) is 32.8. The van der Waals surface area contributed by atoms with Gasteiger partial charge in [0.2, 0.25) is 12.0 Å². The lowest BCUT2D eigenvalue weighted by Crippen LogP contribution is -2.61. The molecule has 2 fully saturated rings. The largest absolute Gasteiger partial charge is 0.508 e. The molecule has 0 spiro atoms. The van der Waals surface area contributed by atoms with E-state index in [2.05, 4.69) is 0 Å². The molecule has 0 radical (unpaired) electrons. The maximum atomic E-state index is 10.8. The van der Waals surface area contributed by atoms with Crippen molar-refractivity contribution < 1.29 is 79.1 Å². The van der Waals surface area contributed by atoms with E-state index in [1.807, 2.05) is 0 Å². The number of fused-ring (bicyclic) bond motifs is 1. The van der Waals surface area contributed by atoms with Gasteiger partial charge < -0.3 is 79.1 Å². The minimum absolute atomic E-state index is 0.0145. The van der Waals surface area contributed by atoms with Crippen LogP contribution in [0, 0.1) is 0 Å². The summed E-state index contributed by atoms with van der Waals surface area (Å²) in [5, 5.41) is 93.3. The van der Waals surface area contributed by atoms with Crippen LogP contribution in [0.25, 0.3) is 6.08 Å². The van der Waals surface area contributed by atoms with E-state index < -0.39 is 74.1 Å². The molecule has 2 aromatic rings. The number of aliphatic hydroxyl groups excluding tert-OH is 6. The molecule has 9 N–H and O–H groups in total. The number of ether oxygens (including phenoxy) is 7. The van der Waals surface area contributed by atoms with E-state index in [-0.39, 0.29) is 45.8 Å². The van der Waals surface area contributed by atoms with Gasteiger partial charge in [0, 0.05) is 17.7 Å². The van der Waals surface area contributed by atoms with Crippen LogP contribution in [0.2, 0.25) is 0 Å². The Morgan fingerprint density at radius 1 is 0.733 bits per heavy atom. The van der Waals surface area contributed by atoms with Crippen molar-refractivity contribution in [3.05, 3.63) is 41.2 Å². The Hall–Kier alpha value is -3.58. The second-order valence-corrected chi connectivity index (χ2v) is 10.8. The summed E-state index contributed by atoms with van der Waals surface area (Å²) in [5.74, 6) is -0.960. The fourth-order valence-electron chi connectivity index (χ4n) is 5.26. The monoisotopic (exact) mass is 640 g/mol. The zero-order valence-electron chi connectivity index (χ0n) is 24.3. The predicted octanol–water partition coefficient (Wildman–Crippen LogP) is -1.04. The molecule has 2 saturated heterocycles. The highest BCUT2D eigenvalue weighted by molar-refractivity contribution is 5.70. The number of phenols is 3. The third kappa shape index (κ3) is 6.29. The Kier molecular flexibility index (Phi) is 9.50. The van der Waals surface area contributed by atoms with E-state index in [4.69, 9.17) is 33.2 Å². The van der Waals surface area contributed by atoms with Crippen LogP contribution in [0.4, 0.5) is 0 Å². The fraction of sp³-hybridized carbons (Fsp3) is 0.517. The van der Waals surface area contributed by atoms with Gasteiger partial charge >= 0.3 is 0 Å². The van der Waals surface area contributed by atoms with Crippen LogP contribution in [0.3, 0.4) is 0 Å². The maximum absolute atomic E-state index is 10.8. The molecule has 11 atom stereocenters. The Labute approximate surface area is 256 Å². The minimum atomic E-state index is -1.81. The molecule has 5 rings (SSSR count). The quantitative estimate of drug-likeness (QED) is 0.167. The van der Waals surface area contributed by atoms with Gasteiger partial charge in [-0.25, -0.2) is 0 Å². The molecule has 0 bridgehead atoms. The third-order valence-corrected chi connectivity index (χ3v) is 7.85. The molecular formula is C29H36O16. The van der Waals surface area contributed by atoms with Gasteiger partial charge in [0.25, 0.3) is 0 Å². The van der Waals surface area contributed by atoms with Gasteiger partial charge in [-0.1, -0.05) is 0 Å². The Bertz CT molecular complexity index is 1370. The number of methoxy groups -OCH3 is 2. The maximum Gasteiger partial charge on any atom is 0.228 e. The van der Waals surface area contributed by atoms with E-state index in [1.54, 1.807) is 0 Å². The van der Waals surface area contributed by atoms with Gasteiger partial charge in [0.15, 0.2) is 23.9 Å². The van der Waals surface area contributed by atoms with Crippen molar-refractivity contribution in [2.45, 2.75) is 74.4 Å². The van der Waals surface area contributed by atoms with Gasteiger partial charge in [0.1, 0.15) is 65.7 Å². The molecule has 16 nitrogen and oxygen atoms in total. The van der Waals surface area contributed by atoms with Crippen molar-refractivity contribution in [1.29, 1.82) is 0 Å². The van der Waals surface area contributed by atoms with Crippen LogP contribution < -0.4 is 14.2 Å². The standard InChI is InChI=1S/C29H36O16/c1-10-20(32)23(35)25(37)28(42-10)41-9-19-22(34)24(36)26(38)29(45-19)44-18-8-13-14(31)6-12(30)7-15(13)43-27(18)11-4-16(39-2)21(33)17(5-11)40-3/h4-8,10,19-20,22-38H,9H2,1-3H3. The number of aliphatic hydroxyl groups is 6. The summed E-state index contributed by atoms with van der Waals surface area (Å²) in [6, 6.07) is 5.16. The van der Waals surface area contributed by atoms with Crippen molar-refractivity contribution in [3.8, 4) is 34.5 Å². The summed E-state index contributed by atoms with van der Waals surface area (Å²) in [4.78, 5) is 0. The summed E-state index contributed by atoms with van der Waals surface area (Å²) in [6.45, 7) is 0.940. The van der Waals surface area contributed by atoms with E-state index in [0.29, 0.717) is 5.56 Å². The van der Waals surface area contributed by atoms with Gasteiger partial charge in [-0.05, 0) is 25.1 Å². The molecule has 3 aliphatic heterocycles.